The van der Waals surface area contributed by atoms with Gasteiger partial charge in [-0.3, -0.25) is 4.79 Å². The van der Waals surface area contributed by atoms with Crippen molar-refractivity contribution in [3.63, 3.8) is 0 Å². The predicted molar refractivity (Wildman–Crippen MR) is 107 cm³/mol. The van der Waals surface area contributed by atoms with E-state index in [1.54, 1.807) is 4.90 Å². The monoisotopic (exact) mass is 417 g/mol. The number of halogens is 3. The summed E-state index contributed by atoms with van der Waals surface area (Å²) in [5.74, 6) is 0.368. The quantitative estimate of drug-likeness (QED) is 0.651. The maximum absolute atomic E-state index is 12.9. The van der Waals surface area contributed by atoms with Crippen molar-refractivity contribution >= 4 is 22.8 Å². The Bertz CT molecular complexity index is 1060. The Hall–Kier alpha value is -3.10. The second kappa shape index (κ2) is 7.62. The SMILES string of the molecule is CNc1ncnc2[nH]ccc12.O=C(c1ccccc1C(F)(F)F)N1CCC2(CC2)C1. The van der Waals surface area contributed by atoms with E-state index < -0.39 is 17.6 Å². The Morgan fingerprint density at radius 2 is 1.93 bits per heavy atom. The van der Waals surface area contributed by atoms with Crippen molar-refractivity contribution in [3.05, 3.63) is 54.0 Å². The Labute approximate surface area is 171 Å². The van der Waals surface area contributed by atoms with E-state index >= 15 is 0 Å². The van der Waals surface area contributed by atoms with Gasteiger partial charge in [0.15, 0.2) is 0 Å². The lowest BCUT2D eigenvalue weighted by Crippen LogP contribution is -2.30. The molecule has 1 spiro atoms. The zero-order valence-corrected chi connectivity index (χ0v) is 16.5. The molecule has 1 saturated carbocycles. The lowest BCUT2D eigenvalue weighted by molar-refractivity contribution is -0.138. The predicted octanol–water partition coefficient (Wildman–Crippen LogP) is 4.33. The highest BCUT2D eigenvalue weighted by atomic mass is 19.4. The molecule has 2 fully saturated rings. The number of hydrogen-bond acceptors (Lipinski definition) is 4. The van der Waals surface area contributed by atoms with Gasteiger partial charge in [-0.15, -0.1) is 0 Å². The number of aromatic nitrogens is 3. The maximum Gasteiger partial charge on any atom is 0.417 e. The average molecular weight is 417 g/mol. The van der Waals surface area contributed by atoms with E-state index in [0.717, 1.165) is 42.2 Å². The van der Waals surface area contributed by atoms with Crippen LogP contribution in [0.25, 0.3) is 11.0 Å². The van der Waals surface area contributed by atoms with Gasteiger partial charge in [0, 0.05) is 26.3 Å². The highest BCUT2D eigenvalue weighted by Gasteiger charge is 2.49. The van der Waals surface area contributed by atoms with Crippen LogP contribution in [0.5, 0.6) is 0 Å². The largest absolute Gasteiger partial charge is 0.417 e. The first-order valence-electron chi connectivity index (χ1n) is 9.74. The van der Waals surface area contributed by atoms with Gasteiger partial charge in [-0.25, -0.2) is 9.97 Å². The summed E-state index contributed by atoms with van der Waals surface area (Å²) in [6.45, 7) is 1.18. The number of amides is 1. The highest BCUT2D eigenvalue weighted by molar-refractivity contribution is 5.96. The fourth-order valence-electron chi connectivity index (χ4n) is 3.85. The van der Waals surface area contributed by atoms with Crippen molar-refractivity contribution in [2.45, 2.75) is 25.4 Å². The zero-order valence-electron chi connectivity index (χ0n) is 16.5. The van der Waals surface area contributed by atoms with Crippen LogP contribution < -0.4 is 5.32 Å². The minimum atomic E-state index is -4.48. The number of benzene rings is 1. The molecule has 3 aromatic rings. The molecule has 2 aliphatic rings. The second-order valence-electron chi connectivity index (χ2n) is 7.73. The number of nitrogens with one attached hydrogen (secondary N) is 2. The molecule has 1 amide bonds. The second-order valence-corrected chi connectivity index (χ2v) is 7.73. The van der Waals surface area contributed by atoms with Gasteiger partial charge in [-0.2, -0.15) is 13.2 Å². The normalized spacial score (nSPS) is 17.0. The summed E-state index contributed by atoms with van der Waals surface area (Å²) < 4.78 is 38.7. The smallest absolute Gasteiger partial charge is 0.372 e. The number of carbonyl (C=O) groups is 1. The third-order valence-electron chi connectivity index (χ3n) is 5.74. The van der Waals surface area contributed by atoms with Crippen molar-refractivity contribution in [3.8, 4) is 0 Å². The van der Waals surface area contributed by atoms with Gasteiger partial charge in [0.05, 0.1) is 16.5 Å². The van der Waals surface area contributed by atoms with E-state index in [1.807, 2.05) is 19.3 Å². The van der Waals surface area contributed by atoms with Crippen molar-refractivity contribution < 1.29 is 18.0 Å². The molecule has 1 aliphatic heterocycles. The number of aromatic amines is 1. The minimum Gasteiger partial charge on any atom is -0.372 e. The highest BCUT2D eigenvalue weighted by Crippen LogP contribution is 2.52. The van der Waals surface area contributed by atoms with Crippen molar-refractivity contribution in [2.75, 3.05) is 25.5 Å². The van der Waals surface area contributed by atoms with E-state index in [4.69, 9.17) is 0 Å². The summed E-state index contributed by atoms with van der Waals surface area (Å²) in [5, 5.41) is 4.01. The van der Waals surface area contributed by atoms with Crippen LogP contribution in [-0.2, 0) is 6.18 Å². The van der Waals surface area contributed by atoms with Crippen LogP contribution in [0.15, 0.2) is 42.9 Å². The Balaban J connectivity index is 0.000000168. The molecule has 6 nitrogen and oxygen atoms in total. The molecular weight excluding hydrogens is 395 g/mol. The number of hydrogen-bond donors (Lipinski definition) is 2. The van der Waals surface area contributed by atoms with Gasteiger partial charge in [0.25, 0.3) is 5.91 Å². The number of alkyl halides is 3. The fourth-order valence-corrected chi connectivity index (χ4v) is 3.85. The van der Waals surface area contributed by atoms with Crippen LogP contribution >= 0.6 is 0 Å². The summed E-state index contributed by atoms with van der Waals surface area (Å²) >= 11 is 0. The molecule has 0 bridgehead atoms. The molecule has 30 heavy (non-hydrogen) atoms. The van der Waals surface area contributed by atoms with Crippen molar-refractivity contribution in [2.24, 2.45) is 5.41 Å². The van der Waals surface area contributed by atoms with E-state index in [1.165, 1.54) is 24.5 Å². The van der Waals surface area contributed by atoms with Gasteiger partial charge in [0.2, 0.25) is 0 Å². The van der Waals surface area contributed by atoms with Crippen LogP contribution in [0.3, 0.4) is 0 Å². The lowest BCUT2D eigenvalue weighted by Gasteiger charge is -2.19. The summed E-state index contributed by atoms with van der Waals surface area (Å²) in [4.78, 5) is 24.9. The maximum atomic E-state index is 12.9. The standard InChI is InChI=1S/C14H14F3NO.C7H8N4/c15-14(16,17)11-4-2-1-3-10(11)12(19)18-8-7-13(9-18)5-6-13;1-8-6-5-2-3-9-7(5)11-4-10-6/h1-4H,5-9H2;2-4H,1H3,(H2,8,9,10,11). The molecular formula is C21H22F3N5O. The van der Waals surface area contributed by atoms with Crippen molar-refractivity contribution in [1.29, 1.82) is 0 Å². The molecule has 5 rings (SSSR count). The van der Waals surface area contributed by atoms with E-state index in [9.17, 15) is 18.0 Å². The Kier molecular flexibility index (Phi) is 5.13. The lowest BCUT2D eigenvalue weighted by atomic mass is 10.1. The third-order valence-corrected chi connectivity index (χ3v) is 5.74. The number of rotatable bonds is 2. The van der Waals surface area contributed by atoms with Crippen LogP contribution in [-0.4, -0.2) is 45.9 Å². The zero-order chi connectivity index (χ0) is 21.4. The van der Waals surface area contributed by atoms with Gasteiger partial charge in [-0.1, -0.05) is 12.1 Å². The molecule has 1 saturated heterocycles. The van der Waals surface area contributed by atoms with E-state index in [-0.39, 0.29) is 11.0 Å². The number of carbonyl (C=O) groups excluding carboxylic acids is 1. The molecule has 0 unspecified atom stereocenters. The number of fused-ring (bicyclic) bond motifs is 1. The molecule has 0 atom stereocenters. The van der Waals surface area contributed by atoms with Crippen molar-refractivity contribution in [1.82, 2.24) is 19.9 Å². The van der Waals surface area contributed by atoms with Gasteiger partial charge < -0.3 is 15.2 Å². The number of likely N-dealkylation sites (tertiary alicyclic amines) is 1. The first-order valence-corrected chi connectivity index (χ1v) is 9.74. The number of nitrogens with zero attached hydrogens (tertiary/aromatic N) is 3. The third kappa shape index (κ3) is 3.96. The van der Waals surface area contributed by atoms with Crippen LogP contribution in [0.4, 0.5) is 19.0 Å². The van der Waals surface area contributed by atoms with Gasteiger partial charge in [-0.05, 0) is 42.9 Å². The van der Waals surface area contributed by atoms with Gasteiger partial charge >= 0.3 is 6.18 Å². The number of anilines is 1. The molecule has 2 aromatic heterocycles. The molecule has 158 valence electrons. The summed E-state index contributed by atoms with van der Waals surface area (Å²) in [6, 6.07) is 6.97. The van der Waals surface area contributed by atoms with Gasteiger partial charge in [0.1, 0.15) is 17.8 Å². The molecule has 2 N–H and O–H groups in total. The minimum absolute atomic E-state index is 0.225. The van der Waals surface area contributed by atoms with Crippen LogP contribution in [0, 0.1) is 5.41 Å². The Morgan fingerprint density at radius 1 is 1.17 bits per heavy atom. The Morgan fingerprint density at radius 3 is 2.60 bits per heavy atom. The fraction of sp³-hybridized carbons (Fsp3) is 0.381. The molecule has 9 heteroatoms. The average Bonchev–Trinajstić information content (AvgIpc) is 3.13. The molecule has 0 radical (unpaired) electrons. The number of H-pyrrole nitrogens is 1. The molecule has 1 aliphatic carbocycles. The topological polar surface area (TPSA) is 73.9 Å². The first-order chi connectivity index (χ1) is 14.3. The first kappa shape index (κ1) is 20.2. The van der Waals surface area contributed by atoms with Crippen LogP contribution in [0.1, 0.15) is 35.2 Å². The van der Waals surface area contributed by atoms with E-state index in [2.05, 4.69) is 20.3 Å². The molecule has 3 heterocycles. The molecule has 1 aromatic carbocycles. The van der Waals surface area contributed by atoms with E-state index in [0.29, 0.717) is 13.1 Å². The summed E-state index contributed by atoms with van der Waals surface area (Å²) in [6.07, 6.45) is 2.01. The summed E-state index contributed by atoms with van der Waals surface area (Å²) in [5.41, 5.74) is 0.0248. The van der Waals surface area contributed by atoms with Crippen LogP contribution in [0.2, 0.25) is 0 Å². The summed E-state index contributed by atoms with van der Waals surface area (Å²) in [7, 11) is 1.84.